The summed E-state index contributed by atoms with van der Waals surface area (Å²) >= 11 is 0. The van der Waals surface area contributed by atoms with E-state index in [0.29, 0.717) is 29.4 Å². The van der Waals surface area contributed by atoms with Crippen LogP contribution < -0.4 is 20.1 Å². The molecule has 1 aromatic carbocycles. The molecule has 24 heavy (non-hydrogen) atoms. The van der Waals surface area contributed by atoms with Gasteiger partial charge in [-0.05, 0) is 30.5 Å². The van der Waals surface area contributed by atoms with Crippen LogP contribution in [0.25, 0.3) is 0 Å². The molecule has 1 atom stereocenters. The Bertz CT molecular complexity index is 711. The zero-order valence-electron chi connectivity index (χ0n) is 13.8. The number of fused-ring (bicyclic) bond motifs is 1. The molecular formula is C17H20N2O5. The van der Waals surface area contributed by atoms with Gasteiger partial charge in [-0.3, -0.25) is 0 Å². The quantitative estimate of drug-likeness (QED) is 0.826. The molecule has 2 heterocycles. The van der Waals surface area contributed by atoms with Crippen LogP contribution >= 0.6 is 0 Å². The first kappa shape index (κ1) is 16.2. The first-order chi connectivity index (χ1) is 11.5. The number of hydrogen-bond acceptors (Lipinski definition) is 5. The zero-order chi connectivity index (χ0) is 17.3. The number of esters is 1. The number of ether oxygens (including phenoxy) is 3. The Morgan fingerprint density at radius 2 is 2.08 bits per heavy atom. The van der Waals surface area contributed by atoms with Crippen LogP contribution in [-0.2, 0) is 9.53 Å². The largest absolute Gasteiger partial charge is 0.462 e. The first-order valence-corrected chi connectivity index (χ1v) is 7.80. The van der Waals surface area contributed by atoms with E-state index in [1.807, 2.05) is 13.8 Å². The van der Waals surface area contributed by atoms with E-state index >= 15 is 0 Å². The minimum absolute atomic E-state index is 0.162. The summed E-state index contributed by atoms with van der Waals surface area (Å²) in [5.41, 5.74) is 1.59. The number of rotatable bonds is 4. The predicted octanol–water partition coefficient (Wildman–Crippen LogP) is 2.24. The molecule has 0 aliphatic carbocycles. The third kappa shape index (κ3) is 3.15. The SMILES string of the molecule is CC1=C(C(=O)OCC(C)C)C(c2ccc3c(c2)OCO3)NC(=O)N1. The minimum Gasteiger partial charge on any atom is -0.462 e. The number of carbonyl (C=O) groups is 2. The van der Waals surface area contributed by atoms with Crippen LogP contribution in [0, 0.1) is 5.92 Å². The number of allylic oxidation sites excluding steroid dienone is 1. The lowest BCUT2D eigenvalue weighted by Gasteiger charge is -2.28. The van der Waals surface area contributed by atoms with Crippen molar-refractivity contribution < 1.29 is 23.8 Å². The van der Waals surface area contributed by atoms with Crippen LogP contribution in [0.2, 0.25) is 0 Å². The molecule has 2 N–H and O–H groups in total. The zero-order valence-corrected chi connectivity index (χ0v) is 13.8. The summed E-state index contributed by atoms with van der Waals surface area (Å²) < 4.78 is 16.0. The van der Waals surface area contributed by atoms with Crippen molar-refractivity contribution >= 4 is 12.0 Å². The van der Waals surface area contributed by atoms with Crippen molar-refractivity contribution in [1.82, 2.24) is 10.6 Å². The maximum absolute atomic E-state index is 12.5. The van der Waals surface area contributed by atoms with E-state index in [1.165, 1.54) is 0 Å². The molecule has 0 saturated heterocycles. The minimum atomic E-state index is -0.604. The highest BCUT2D eigenvalue weighted by Crippen LogP contribution is 2.37. The van der Waals surface area contributed by atoms with E-state index in [9.17, 15) is 9.59 Å². The van der Waals surface area contributed by atoms with Gasteiger partial charge < -0.3 is 24.8 Å². The van der Waals surface area contributed by atoms with Crippen LogP contribution in [0.1, 0.15) is 32.4 Å². The van der Waals surface area contributed by atoms with E-state index in [2.05, 4.69) is 10.6 Å². The van der Waals surface area contributed by atoms with Gasteiger partial charge in [-0.2, -0.15) is 0 Å². The van der Waals surface area contributed by atoms with E-state index in [4.69, 9.17) is 14.2 Å². The second-order valence-corrected chi connectivity index (χ2v) is 6.18. The Morgan fingerprint density at radius 3 is 2.83 bits per heavy atom. The molecule has 0 bridgehead atoms. The smallest absolute Gasteiger partial charge is 0.338 e. The molecule has 1 aromatic rings. The van der Waals surface area contributed by atoms with Crippen LogP contribution in [0.5, 0.6) is 11.5 Å². The van der Waals surface area contributed by atoms with Gasteiger partial charge in [-0.15, -0.1) is 0 Å². The van der Waals surface area contributed by atoms with Gasteiger partial charge in [0.25, 0.3) is 0 Å². The molecule has 0 spiro atoms. The Kier molecular flexibility index (Phi) is 4.33. The van der Waals surface area contributed by atoms with E-state index in [-0.39, 0.29) is 18.7 Å². The van der Waals surface area contributed by atoms with Crippen molar-refractivity contribution in [2.24, 2.45) is 5.92 Å². The first-order valence-electron chi connectivity index (χ1n) is 7.80. The van der Waals surface area contributed by atoms with Crippen molar-refractivity contribution in [2.75, 3.05) is 13.4 Å². The fraction of sp³-hybridized carbons (Fsp3) is 0.412. The maximum atomic E-state index is 12.5. The number of hydrogen-bond donors (Lipinski definition) is 2. The average molecular weight is 332 g/mol. The Labute approximate surface area is 140 Å². The summed E-state index contributed by atoms with van der Waals surface area (Å²) in [5, 5.41) is 5.39. The summed E-state index contributed by atoms with van der Waals surface area (Å²) in [5.74, 6) is 1.01. The second kappa shape index (κ2) is 6.43. The molecule has 0 radical (unpaired) electrons. The molecule has 3 rings (SSSR count). The molecule has 2 aliphatic rings. The van der Waals surface area contributed by atoms with E-state index in [1.54, 1.807) is 25.1 Å². The third-order valence-corrected chi connectivity index (χ3v) is 3.77. The lowest BCUT2D eigenvalue weighted by molar-refractivity contribution is -0.140. The van der Waals surface area contributed by atoms with Crippen LogP contribution in [0.3, 0.4) is 0 Å². The average Bonchev–Trinajstić information content (AvgIpc) is 2.99. The molecular weight excluding hydrogens is 312 g/mol. The number of urea groups is 1. The van der Waals surface area contributed by atoms with Gasteiger partial charge in [-0.1, -0.05) is 19.9 Å². The molecule has 2 aliphatic heterocycles. The molecule has 128 valence electrons. The fourth-order valence-electron chi connectivity index (χ4n) is 2.63. The normalized spacial score (nSPS) is 19.2. The van der Waals surface area contributed by atoms with Gasteiger partial charge in [0.1, 0.15) is 0 Å². The number of amides is 2. The molecule has 1 unspecified atom stereocenters. The molecule has 7 heteroatoms. The summed E-state index contributed by atoms with van der Waals surface area (Å²) in [6, 6.07) is 4.36. The van der Waals surface area contributed by atoms with Gasteiger partial charge in [0.05, 0.1) is 18.2 Å². The predicted molar refractivity (Wildman–Crippen MR) is 85.5 cm³/mol. The Hall–Kier alpha value is -2.70. The van der Waals surface area contributed by atoms with Gasteiger partial charge in [-0.25, -0.2) is 9.59 Å². The molecule has 0 aromatic heterocycles. The number of benzene rings is 1. The number of carbonyl (C=O) groups excluding carboxylic acids is 2. The van der Waals surface area contributed by atoms with Crippen LogP contribution in [0.15, 0.2) is 29.5 Å². The maximum Gasteiger partial charge on any atom is 0.338 e. The topological polar surface area (TPSA) is 85.9 Å². The molecule has 7 nitrogen and oxygen atoms in total. The highest BCUT2D eigenvalue weighted by atomic mass is 16.7. The molecule has 0 saturated carbocycles. The second-order valence-electron chi connectivity index (χ2n) is 6.18. The van der Waals surface area contributed by atoms with Gasteiger partial charge in [0, 0.05) is 5.70 Å². The van der Waals surface area contributed by atoms with Crippen molar-refractivity contribution in [3.05, 3.63) is 35.0 Å². The van der Waals surface area contributed by atoms with Crippen molar-refractivity contribution in [2.45, 2.75) is 26.8 Å². The highest BCUT2D eigenvalue weighted by molar-refractivity contribution is 5.95. The standard InChI is InChI=1S/C17H20N2O5/c1-9(2)7-22-16(20)14-10(3)18-17(21)19-15(14)11-4-5-12-13(6-11)24-8-23-12/h4-6,9,15H,7-8H2,1-3H3,(H2,18,19,21). The van der Waals surface area contributed by atoms with Gasteiger partial charge in [0.15, 0.2) is 11.5 Å². The van der Waals surface area contributed by atoms with Crippen LogP contribution in [0.4, 0.5) is 4.79 Å². The van der Waals surface area contributed by atoms with Crippen molar-refractivity contribution in [3.63, 3.8) is 0 Å². The lowest BCUT2D eigenvalue weighted by atomic mass is 9.95. The number of nitrogens with one attached hydrogen (secondary N) is 2. The third-order valence-electron chi connectivity index (χ3n) is 3.77. The van der Waals surface area contributed by atoms with Crippen molar-refractivity contribution in [1.29, 1.82) is 0 Å². The van der Waals surface area contributed by atoms with Gasteiger partial charge in [0.2, 0.25) is 6.79 Å². The molecule has 0 fully saturated rings. The summed E-state index contributed by atoms with van der Waals surface area (Å²) in [4.78, 5) is 24.4. The van der Waals surface area contributed by atoms with Crippen LogP contribution in [-0.4, -0.2) is 25.4 Å². The molecule has 2 amide bonds. The van der Waals surface area contributed by atoms with Gasteiger partial charge >= 0.3 is 12.0 Å². The summed E-state index contributed by atoms with van der Waals surface area (Å²) in [7, 11) is 0. The highest BCUT2D eigenvalue weighted by Gasteiger charge is 2.33. The lowest BCUT2D eigenvalue weighted by Crippen LogP contribution is -2.45. The monoisotopic (exact) mass is 332 g/mol. The van der Waals surface area contributed by atoms with E-state index in [0.717, 1.165) is 5.56 Å². The summed E-state index contributed by atoms with van der Waals surface area (Å²) in [6.45, 7) is 6.09. The Morgan fingerprint density at radius 1 is 1.33 bits per heavy atom. The summed E-state index contributed by atoms with van der Waals surface area (Å²) in [6.07, 6.45) is 0. The van der Waals surface area contributed by atoms with E-state index < -0.39 is 12.0 Å². The fourth-order valence-corrected chi connectivity index (χ4v) is 2.63. The van der Waals surface area contributed by atoms with Crippen molar-refractivity contribution in [3.8, 4) is 11.5 Å². The Balaban J connectivity index is 1.92.